The standard InChI is InChI=1S/C16H19N5O2/c1-20(2)12-5-8-21(10-12)16-18-7-4-13(19-16)14-9-11(15(22)23)3-6-17-14/h3-4,6-7,9,12H,5,8,10H2,1-2H3,(H,22,23). The summed E-state index contributed by atoms with van der Waals surface area (Å²) in [4.78, 5) is 28.6. The highest BCUT2D eigenvalue weighted by molar-refractivity contribution is 5.88. The molecule has 1 aliphatic rings. The van der Waals surface area contributed by atoms with Crippen molar-refractivity contribution in [2.45, 2.75) is 12.5 Å². The van der Waals surface area contributed by atoms with Crippen molar-refractivity contribution in [3.8, 4) is 11.4 Å². The summed E-state index contributed by atoms with van der Waals surface area (Å²) in [6.45, 7) is 1.80. The minimum atomic E-state index is -0.976. The van der Waals surface area contributed by atoms with Gasteiger partial charge >= 0.3 is 5.97 Å². The Hall–Kier alpha value is -2.54. The van der Waals surface area contributed by atoms with Crippen molar-refractivity contribution in [2.24, 2.45) is 0 Å². The topological polar surface area (TPSA) is 82.5 Å². The Bertz CT molecular complexity index is 719. The third-order valence-electron chi connectivity index (χ3n) is 4.09. The normalized spacial score (nSPS) is 17.7. The first kappa shape index (κ1) is 15.4. The van der Waals surface area contributed by atoms with E-state index in [2.05, 4.69) is 38.8 Å². The minimum absolute atomic E-state index is 0.198. The number of carbonyl (C=O) groups is 1. The van der Waals surface area contributed by atoms with Crippen LogP contribution in [0.1, 0.15) is 16.8 Å². The van der Waals surface area contributed by atoms with E-state index in [9.17, 15) is 4.79 Å². The maximum absolute atomic E-state index is 11.1. The monoisotopic (exact) mass is 313 g/mol. The van der Waals surface area contributed by atoms with Crippen molar-refractivity contribution in [1.82, 2.24) is 19.9 Å². The fraction of sp³-hybridized carbons (Fsp3) is 0.375. The van der Waals surface area contributed by atoms with E-state index < -0.39 is 5.97 Å². The van der Waals surface area contributed by atoms with E-state index in [1.165, 1.54) is 18.3 Å². The van der Waals surface area contributed by atoms with Crippen LogP contribution in [0.25, 0.3) is 11.4 Å². The third kappa shape index (κ3) is 3.29. The summed E-state index contributed by atoms with van der Waals surface area (Å²) >= 11 is 0. The average molecular weight is 313 g/mol. The van der Waals surface area contributed by atoms with Gasteiger partial charge in [0.05, 0.1) is 17.0 Å². The number of rotatable bonds is 4. The molecule has 0 saturated carbocycles. The molecule has 0 spiro atoms. The number of carboxylic acid groups (broad SMARTS) is 1. The number of aromatic nitrogens is 3. The number of anilines is 1. The van der Waals surface area contributed by atoms with Gasteiger partial charge in [-0.05, 0) is 38.7 Å². The Morgan fingerprint density at radius 2 is 2.04 bits per heavy atom. The highest BCUT2D eigenvalue weighted by Crippen LogP contribution is 2.22. The third-order valence-corrected chi connectivity index (χ3v) is 4.09. The average Bonchev–Trinajstić information content (AvgIpc) is 3.05. The molecule has 0 bridgehead atoms. The lowest BCUT2D eigenvalue weighted by molar-refractivity contribution is 0.0697. The van der Waals surface area contributed by atoms with Gasteiger partial charge in [-0.1, -0.05) is 0 Å². The van der Waals surface area contributed by atoms with E-state index in [4.69, 9.17) is 5.11 Å². The molecule has 0 radical (unpaired) electrons. The summed E-state index contributed by atoms with van der Waals surface area (Å²) in [6.07, 6.45) is 4.25. The Balaban J connectivity index is 1.86. The van der Waals surface area contributed by atoms with Crippen molar-refractivity contribution < 1.29 is 9.90 Å². The van der Waals surface area contributed by atoms with Crippen molar-refractivity contribution in [3.63, 3.8) is 0 Å². The molecule has 1 aliphatic heterocycles. The van der Waals surface area contributed by atoms with Crippen molar-refractivity contribution in [2.75, 3.05) is 32.1 Å². The van der Waals surface area contributed by atoms with E-state index in [1.54, 1.807) is 12.3 Å². The van der Waals surface area contributed by atoms with Gasteiger partial charge in [0.15, 0.2) is 0 Å². The highest BCUT2D eigenvalue weighted by Gasteiger charge is 2.25. The van der Waals surface area contributed by atoms with Gasteiger partial charge in [0.2, 0.25) is 5.95 Å². The van der Waals surface area contributed by atoms with Crippen LogP contribution < -0.4 is 4.90 Å². The molecule has 7 heteroatoms. The molecular formula is C16H19N5O2. The molecule has 2 aromatic rings. The SMILES string of the molecule is CN(C)C1CCN(c2nccc(-c3cc(C(=O)O)ccn3)n2)C1. The first-order valence-corrected chi connectivity index (χ1v) is 7.49. The van der Waals surface area contributed by atoms with Gasteiger partial charge in [-0.25, -0.2) is 14.8 Å². The molecule has 120 valence electrons. The van der Waals surface area contributed by atoms with Crippen molar-refractivity contribution in [3.05, 3.63) is 36.2 Å². The number of pyridine rings is 1. The molecule has 7 nitrogen and oxygen atoms in total. The molecule has 1 atom stereocenters. The molecule has 2 aromatic heterocycles. The summed E-state index contributed by atoms with van der Waals surface area (Å²) in [5, 5.41) is 9.09. The number of aromatic carboxylic acids is 1. The molecular weight excluding hydrogens is 294 g/mol. The molecule has 1 N–H and O–H groups in total. The second kappa shape index (κ2) is 6.29. The molecule has 1 unspecified atom stereocenters. The molecule has 3 heterocycles. The Morgan fingerprint density at radius 3 is 2.74 bits per heavy atom. The van der Waals surface area contributed by atoms with Crippen LogP contribution in [0.4, 0.5) is 5.95 Å². The van der Waals surface area contributed by atoms with E-state index in [-0.39, 0.29) is 5.56 Å². The molecule has 23 heavy (non-hydrogen) atoms. The summed E-state index contributed by atoms with van der Waals surface area (Å²) in [6, 6.07) is 5.24. The fourth-order valence-electron chi connectivity index (χ4n) is 2.69. The smallest absolute Gasteiger partial charge is 0.335 e. The molecule has 3 rings (SSSR count). The molecule has 0 aromatic carbocycles. The van der Waals surface area contributed by atoms with Gasteiger partial charge in [0, 0.05) is 31.5 Å². The van der Waals surface area contributed by atoms with E-state index in [1.807, 2.05) is 0 Å². The predicted molar refractivity (Wildman–Crippen MR) is 86.5 cm³/mol. The number of carboxylic acids is 1. The van der Waals surface area contributed by atoms with Crippen LogP contribution in [0.2, 0.25) is 0 Å². The lowest BCUT2D eigenvalue weighted by Gasteiger charge is -2.20. The summed E-state index contributed by atoms with van der Waals surface area (Å²) in [5.74, 6) is -0.314. The summed E-state index contributed by atoms with van der Waals surface area (Å²) in [5.41, 5.74) is 1.37. The Labute approximate surface area is 134 Å². The zero-order valence-corrected chi connectivity index (χ0v) is 13.2. The lowest BCUT2D eigenvalue weighted by Crippen LogP contribution is -2.32. The second-order valence-electron chi connectivity index (χ2n) is 5.83. The quantitative estimate of drug-likeness (QED) is 0.913. The predicted octanol–water partition coefficient (Wildman–Crippen LogP) is 1.38. The van der Waals surface area contributed by atoms with Gasteiger partial charge < -0.3 is 14.9 Å². The van der Waals surface area contributed by atoms with Gasteiger partial charge in [-0.2, -0.15) is 0 Å². The zero-order valence-electron chi connectivity index (χ0n) is 13.2. The number of hydrogen-bond donors (Lipinski definition) is 1. The fourth-order valence-corrected chi connectivity index (χ4v) is 2.69. The van der Waals surface area contributed by atoms with Gasteiger partial charge in [-0.15, -0.1) is 0 Å². The number of hydrogen-bond acceptors (Lipinski definition) is 6. The van der Waals surface area contributed by atoms with Crippen LogP contribution in [0.3, 0.4) is 0 Å². The van der Waals surface area contributed by atoms with Crippen LogP contribution in [0.5, 0.6) is 0 Å². The van der Waals surface area contributed by atoms with Gasteiger partial charge in [-0.3, -0.25) is 4.98 Å². The van der Waals surface area contributed by atoms with Gasteiger partial charge in [0.1, 0.15) is 0 Å². The van der Waals surface area contributed by atoms with E-state index in [0.717, 1.165) is 19.5 Å². The number of likely N-dealkylation sites (N-methyl/N-ethyl adjacent to an activating group) is 1. The van der Waals surface area contributed by atoms with Crippen LogP contribution in [-0.2, 0) is 0 Å². The Morgan fingerprint density at radius 1 is 1.26 bits per heavy atom. The maximum Gasteiger partial charge on any atom is 0.335 e. The van der Waals surface area contributed by atoms with Crippen LogP contribution in [-0.4, -0.2) is 64.2 Å². The second-order valence-corrected chi connectivity index (χ2v) is 5.83. The van der Waals surface area contributed by atoms with Crippen LogP contribution in [0, 0.1) is 0 Å². The summed E-state index contributed by atoms with van der Waals surface area (Å²) in [7, 11) is 4.15. The van der Waals surface area contributed by atoms with E-state index >= 15 is 0 Å². The minimum Gasteiger partial charge on any atom is -0.478 e. The number of nitrogens with zero attached hydrogens (tertiary/aromatic N) is 5. The zero-order chi connectivity index (χ0) is 16.4. The van der Waals surface area contributed by atoms with Crippen LogP contribution in [0.15, 0.2) is 30.6 Å². The summed E-state index contributed by atoms with van der Waals surface area (Å²) < 4.78 is 0. The maximum atomic E-state index is 11.1. The van der Waals surface area contributed by atoms with Crippen molar-refractivity contribution in [1.29, 1.82) is 0 Å². The van der Waals surface area contributed by atoms with Crippen molar-refractivity contribution >= 4 is 11.9 Å². The lowest BCUT2D eigenvalue weighted by atomic mass is 10.2. The van der Waals surface area contributed by atoms with E-state index in [0.29, 0.717) is 23.4 Å². The molecule has 0 aliphatic carbocycles. The Kier molecular flexibility index (Phi) is 4.20. The highest BCUT2D eigenvalue weighted by atomic mass is 16.4. The first-order valence-electron chi connectivity index (χ1n) is 7.49. The molecule has 1 fully saturated rings. The first-order chi connectivity index (χ1) is 11.0. The molecule has 0 amide bonds. The van der Waals surface area contributed by atoms with Gasteiger partial charge in [0.25, 0.3) is 0 Å². The van der Waals surface area contributed by atoms with Crippen LogP contribution >= 0.6 is 0 Å². The largest absolute Gasteiger partial charge is 0.478 e. The molecule has 1 saturated heterocycles.